The van der Waals surface area contributed by atoms with Gasteiger partial charge in [0, 0.05) is 11.6 Å². The predicted molar refractivity (Wildman–Crippen MR) is 80.7 cm³/mol. The van der Waals surface area contributed by atoms with Crippen molar-refractivity contribution in [3.05, 3.63) is 0 Å². The Labute approximate surface area is 114 Å². The fourth-order valence-corrected chi connectivity index (χ4v) is 3.27. The van der Waals surface area contributed by atoms with Crippen LogP contribution in [0.5, 0.6) is 0 Å². The van der Waals surface area contributed by atoms with Gasteiger partial charge in [-0.1, -0.05) is 27.7 Å². The molecule has 1 aliphatic rings. The monoisotopic (exact) mass is 254 g/mol. The minimum Gasteiger partial charge on any atom is -0.326 e. The van der Waals surface area contributed by atoms with Gasteiger partial charge in [-0.2, -0.15) is 0 Å². The molecule has 0 aromatic rings. The molecule has 1 saturated carbocycles. The molecule has 0 aromatic carbocycles. The lowest BCUT2D eigenvalue weighted by Gasteiger charge is -2.49. The third-order valence-electron chi connectivity index (χ3n) is 4.93. The average molecular weight is 254 g/mol. The highest BCUT2D eigenvalue weighted by Gasteiger charge is 2.41. The number of rotatable bonds is 4. The topological polar surface area (TPSA) is 29.3 Å². The van der Waals surface area contributed by atoms with E-state index >= 15 is 0 Å². The molecule has 2 N–H and O–H groups in total. The quantitative estimate of drug-likeness (QED) is 0.830. The molecule has 1 atom stereocenters. The van der Waals surface area contributed by atoms with Gasteiger partial charge in [0.05, 0.1) is 0 Å². The molecule has 0 spiro atoms. The number of likely N-dealkylation sites (N-methyl/N-ethyl adjacent to an activating group) is 1. The van der Waals surface area contributed by atoms with Gasteiger partial charge in [0.25, 0.3) is 0 Å². The van der Waals surface area contributed by atoms with Crippen LogP contribution in [-0.2, 0) is 0 Å². The molecule has 1 rings (SSSR count). The zero-order chi connectivity index (χ0) is 14.0. The lowest BCUT2D eigenvalue weighted by Crippen LogP contribution is -2.59. The second-order valence-corrected chi connectivity index (χ2v) is 7.89. The van der Waals surface area contributed by atoms with E-state index in [1.165, 1.54) is 32.1 Å². The Morgan fingerprint density at radius 1 is 1.22 bits per heavy atom. The van der Waals surface area contributed by atoms with E-state index in [0.29, 0.717) is 11.5 Å². The highest BCUT2D eigenvalue weighted by Crippen LogP contribution is 2.39. The van der Waals surface area contributed by atoms with Crippen molar-refractivity contribution in [3.8, 4) is 0 Å². The highest BCUT2D eigenvalue weighted by molar-refractivity contribution is 5.00. The summed E-state index contributed by atoms with van der Waals surface area (Å²) in [5.74, 6) is 0.882. The molecule has 0 saturated heterocycles. The van der Waals surface area contributed by atoms with Crippen molar-refractivity contribution in [2.75, 3.05) is 14.1 Å². The molecule has 1 aliphatic carbocycles. The van der Waals surface area contributed by atoms with Gasteiger partial charge in [0.15, 0.2) is 0 Å². The molecule has 0 aromatic heterocycles. The second-order valence-electron chi connectivity index (χ2n) is 7.89. The predicted octanol–water partition coefficient (Wildman–Crippen LogP) is 3.65. The zero-order valence-corrected chi connectivity index (χ0v) is 13.4. The molecule has 2 nitrogen and oxygen atoms in total. The Bertz CT molecular complexity index is 244. The van der Waals surface area contributed by atoms with Crippen LogP contribution < -0.4 is 5.73 Å². The fraction of sp³-hybridized carbons (Fsp3) is 1.00. The Morgan fingerprint density at radius 2 is 1.72 bits per heavy atom. The maximum absolute atomic E-state index is 6.60. The van der Waals surface area contributed by atoms with E-state index < -0.39 is 0 Å². The van der Waals surface area contributed by atoms with E-state index in [-0.39, 0.29) is 5.54 Å². The van der Waals surface area contributed by atoms with Crippen molar-refractivity contribution < 1.29 is 0 Å². The van der Waals surface area contributed by atoms with Crippen LogP contribution >= 0.6 is 0 Å². The molecule has 108 valence electrons. The van der Waals surface area contributed by atoms with Crippen molar-refractivity contribution in [1.82, 2.24) is 4.90 Å². The average Bonchev–Trinajstić information content (AvgIpc) is 2.26. The smallest absolute Gasteiger partial charge is 0.0354 e. The van der Waals surface area contributed by atoms with Crippen LogP contribution in [0.4, 0.5) is 0 Å². The normalized spacial score (nSPS) is 31.7. The molecule has 0 bridgehead atoms. The number of hydrogen-bond acceptors (Lipinski definition) is 2. The van der Waals surface area contributed by atoms with Crippen molar-refractivity contribution in [2.45, 2.75) is 77.8 Å². The van der Waals surface area contributed by atoms with Gasteiger partial charge in [0.1, 0.15) is 0 Å². The molecule has 0 radical (unpaired) electrons. The van der Waals surface area contributed by atoms with Crippen LogP contribution in [0.2, 0.25) is 0 Å². The lowest BCUT2D eigenvalue weighted by molar-refractivity contribution is 0.0503. The first-order chi connectivity index (χ1) is 8.17. The van der Waals surface area contributed by atoms with E-state index in [9.17, 15) is 0 Å². The van der Waals surface area contributed by atoms with Gasteiger partial charge in [-0.3, -0.25) is 0 Å². The lowest BCUT2D eigenvalue weighted by atomic mass is 9.70. The van der Waals surface area contributed by atoms with Crippen molar-refractivity contribution >= 4 is 0 Å². The highest BCUT2D eigenvalue weighted by atomic mass is 15.2. The maximum atomic E-state index is 6.60. The third kappa shape index (κ3) is 3.96. The van der Waals surface area contributed by atoms with Gasteiger partial charge < -0.3 is 10.6 Å². The standard InChI is InChI=1S/C16H34N2/c1-13-7-11-16(12-8-13,18(5)6)14(17)9-10-15(2,3)4/h13-14H,7-12,17H2,1-6H3. The van der Waals surface area contributed by atoms with Crippen LogP contribution in [0.3, 0.4) is 0 Å². The third-order valence-corrected chi connectivity index (χ3v) is 4.93. The Balaban J connectivity index is 2.67. The number of hydrogen-bond donors (Lipinski definition) is 1. The Hall–Kier alpha value is -0.0800. The van der Waals surface area contributed by atoms with Crippen LogP contribution in [0, 0.1) is 11.3 Å². The van der Waals surface area contributed by atoms with Gasteiger partial charge in [-0.05, 0) is 64.0 Å². The summed E-state index contributed by atoms with van der Waals surface area (Å²) in [4.78, 5) is 2.41. The maximum Gasteiger partial charge on any atom is 0.0354 e. The first-order valence-corrected chi connectivity index (χ1v) is 7.60. The van der Waals surface area contributed by atoms with Crippen LogP contribution in [-0.4, -0.2) is 30.6 Å². The Morgan fingerprint density at radius 3 is 2.11 bits per heavy atom. The number of nitrogens with zero attached hydrogens (tertiary/aromatic N) is 1. The summed E-state index contributed by atoms with van der Waals surface area (Å²) in [6.07, 6.45) is 7.58. The van der Waals surface area contributed by atoms with Gasteiger partial charge in [-0.15, -0.1) is 0 Å². The molecule has 18 heavy (non-hydrogen) atoms. The van der Waals surface area contributed by atoms with E-state index in [1.807, 2.05) is 0 Å². The summed E-state index contributed by atoms with van der Waals surface area (Å²) in [6, 6.07) is 0.319. The second kappa shape index (κ2) is 5.92. The molecule has 0 heterocycles. The summed E-state index contributed by atoms with van der Waals surface area (Å²) in [5, 5.41) is 0. The summed E-state index contributed by atoms with van der Waals surface area (Å²) in [7, 11) is 4.43. The summed E-state index contributed by atoms with van der Waals surface area (Å²) in [5.41, 5.74) is 7.24. The molecule has 1 fully saturated rings. The van der Waals surface area contributed by atoms with Gasteiger partial charge in [-0.25, -0.2) is 0 Å². The minimum absolute atomic E-state index is 0.248. The van der Waals surface area contributed by atoms with Crippen LogP contribution in [0.15, 0.2) is 0 Å². The summed E-state index contributed by atoms with van der Waals surface area (Å²) >= 11 is 0. The van der Waals surface area contributed by atoms with Gasteiger partial charge >= 0.3 is 0 Å². The molecular formula is C16H34N2. The molecular weight excluding hydrogens is 220 g/mol. The number of nitrogens with two attached hydrogens (primary N) is 1. The molecule has 2 heteroatoms. The fourth-order valence-electron chi connectivity index (χ4n) is 3.27. The van der Waals surface area contributed by atoms with Crippen molar-refractivity contribution in [1.29, 1.82) is 0 Å². The van der Waals surface area contributed by atoms with E-state index in [4.69, 9.17) is 5.73 Å². The van der Waals surface area contributed by atoms with E-state index in [0.717, 1.165) is 12.3 Å². The first-order valence-electron chi connectivity index (χ1n) is 7.60. The molecule has 0 aliphatic heterocycles. The Kier molecular flexibility index (Phi) is 5.25. The minimum atomic E-state index is 0.248. The molecule has 0 amide bonds. The van der Waals surface area contributed by atoms with E-state index in [2.05, 4.69) is 46.7 Å². The van der Waals surface area contributed by atoms with Crippen molar-refractivity contribution in [3.63, 3.8) is 0 Å². The van der Waals surface area contributed by atoms with Crippen LogP contribution in [0.1, 0.15) is 66.2 Å². The SMILES string of the molecule is CC1CCC(C(N)CCC(C)(C)C)(N(C)C)CC1. The summed E-state index contributed by atoms with van der Waals surface area (Å²) in [6.45, 7) is 9.31. The summed E-state index contributed by atoms with van der Waals surface area (Å²) < 4.78 is 0. The molecule has 1 unspecified atom stereocenters. The van der Waals surface area contributed by atoms with Crippen LogP contribution in [0.25, 0.3) is 0 Å². The largest absolute Gasteiger partial charge is 0.326 e. The van der Waals surface area contributed by atoms with E-state index in [1.54, 1.807) is 0 Å². The first kappa shape index (κ1) is 16.0. The van der Waals surface area contributed by atoms with Crippen molar-refractivity contribution in [2.24, 2.45) is 17.1 Å². The van der Waals surface area contributed by atoms with Gasteiger partial charge in [0.2, 0.25) is 0 Å². The zero-order valence-electron chi connectivity index (χ0n) is 13.4.